The van der Waals surface area contributed by atoms with E-state index in [2.05, 4.69) is 65.0 Å². The van der Waals surface area contributed by atoms with Crippen molar-refractivity contribution in [3.63, 3.8) is 0 Å². The number of aromatic nitrogens is 1. The molecule has 0 saturated heterocycles. The highest BCUT2D eigenvalue weighted by Crippen LogP contribution is 2.25. The first-order valence-corrected chi connectivity index (χ1v) is 11.2. The standard InChI is InChI=1S/C25H35N3O2/c1-18(9-12-22-16-21-6-3-4-7-23(21)28-22)8-10-20-11-13-24(30)25(20)27-15-5-14-26-17-19(2)29/h3-4,6-8,10,16,18,20,25-28H,5,9,11-15,17H2,1-2H3/b10-8+/t18?,20-,25+/m0/s1. The van der Waals surface area contributed by atoms with E-state index < -0.39 is 0 Å². The van der Waals surface area contributed by atoms with E-state index in [0.717, 1.165) is 38.8 Å². The molecular formula is C25H35N3O2. The van der Waals surface area contributed by atoms with Crippen LogP contribution in [-0.4, -0.2) is 42.2 Å². The maximum atomic E-state index is 12.3. The maximum Gasteiger partial charge on any atom is 0.150 e. The molecule has 1 aromatic heterocycles. The van der Waals surface area contributed by atoms with E-state index in [9.17, 15) is 9.59 Å². The van der Waals surface area contributed by atoms with Crippen molar-refractivity contribution in [2.45, 2.75) is 52.0 Å². The van der Waals surface area contributed by atoms with Crippen molar-refractivity contribution >= 4 is 22.5 Å². The number of allylic oxidation sites excluding steroid dienone is 1. The first-order valence-electron chi connectivity index (χ1n) is 11.2. The van der Waals surface area contributed by atoms with E-state index in [-0.39, 0.29) is 11.8 Å². The Morgan fingerprint density at radius 3 is 2.93 bits per heavy atom. The summed E-state index contributed by atoms with van der Waals surface area (Å²) in [4.78, 5) is 26.7. The second-order valence-electron chi connectivity index (χ2n) is 8.62. The predicted octanol–water partition coefficient (Wildman–Crippen LogP) is 3.80. The van der Waals surface area contributed by atoms with Crippen molar-refractivity contribution in [1.82, 2.24) is 15.6 Å². The minimum absolute atomic E-state index is 0.0602. The summed E-state index contributed by atoms with van der Waals surface area (Å²) < 4.78 is 0. The summed E-state index contributed by atoms with van der Waals surface area (Å²) in [5, 5.41) is 7.82. The van der Waals surface area contributed by atoms with Crippen molar-refractivity contribution in [2.24, 2.45) is 11.8 Å². The van der Waals surface area contributed by atoms with E-state index in [4.69, 9.17) is 0 Å². The van der Waals surface area contributed by atoms with Gasteiger partial charge in [-0.2, -0.15) is 0 Å². The monoisotopic (exact) mass is 409 g/mol. The second-order valence-corrected chi connectivity index (χ2v) is 8.62. The van der Waals surface area contributed by atoms with E-state index in [0.29, 0.717) is 30.6 Å². The molecule has 2 aromatic rings. The number of carbonyl (C=O) groups is 2. The molecule has 0 aliphatic heterocycles. The zero-order chi connectivity index (χ0) is 21.3. The van der Waals surface area contributed by atoms with Gasteiger partial charge in [0, 0.05) is 17.6 Å². The van der Waals surface area contributed by atoms with Gasteiger partial charge in [0.1, 0.15) is 11.6 Å². The summed E-state index contributed by atoms with van der Waals surface area (Å²) >= 11 is 0. The number of aryl methyl sites for hydroxylation is 1. The van der Waals surface area contributed by atoms with Gasteiger partial charge in [-0.05, 0) is 75.1 Å². The predicted molar refractivity (Wildman–Crippen MR) is 123 cm³/mol. The molecule has 0 amide bonds. The van der Waals surface area contributed by atoms with Crippen molar-refractivity contribution in [3.8, 4) is 0 Å². The SMILES string of the molecule is CC(=O)CNCCCN[C@H]1C(=O)CC[C@@H]1/C=C/C(C)CCc1cc2ccccc2[nH]1. The highest BCUT2D eigenvalue weighted by Gasteiger charge is 2.32. The molecule has 1 aliphatic rings. The molecule has 1 aliphatic carbocycles. The number of Topliss-reactive ketones (excluding diaryl/α,β-unsaturated/α-hetero) is 2. The molecule has 3 atom stereocenters. The number of hydrogen-bond acceptors (Lipinski definition) is 4. The number of para-hydroxylation sites is 1. The van der Waals surface area contributed by atoms with Gasteiger partial charge >= 0.3 is 0 Å². The van der Waals surface area contributed by atoms with Crippen molar-refractivity contribution < 1.29 is 9.59 Å². The normalized spacial score (nSPS) is 20.4. The fourth-order valence-corrected chi connectivity index (χ4v) is 4.16. The number of fused-ring (bicyclic) bond motifs is 1. The number of hydrogen-bond donors (Lipinski definition) is 3. The molecule has 0 radical (unpaired) electrons. The van der Waals surface area contributed by atoms with Crippen LogP contribution in [0.1, 0.15) is 45.2 Å². The summed E-state index contributed by atoms with van der Waals surface area (Å²) in [5.41, 5.74) is 2.48. The minimum Gasteiger partial charge on any atom is -0.358 e. The summed E-state index contributed by atoms with van der Waals surface area (Å²) in [5.74, 6) is 1.24. The third-order valence-electron chi connectivity index (χ3n) is 5.91. The zero-order valence-corrected chi connectivity index (χ0v) is 18.2. The van der Waals surface area contributed by atoms with Crippen LogP contribution in [0.4, 0.5) is 0 Å². The molecule has 1 saturated carbocycles. The Morgan fingerprint density at radius 1 is 1.30 bits per heavy atom. The van der Waals surface area contributed by atoms with Crippen LogP contribution in [0.25, 0.3) is 10.9 Å². The molecule has 0 bridgehead atoms. The fourth-order valence-electron chi connectivity index (χ4n) is 4.16. The number of aromatic amines is 1. The zero-order valence-electron chi connectivity index (χ0n) is 18.2. The lowest BCUT2D eigenvalue weighted by molar-refractivity contribution is -0.119. The van der Waals surface area contributed by atoms with Crippen LogP contribution < -0.4 is 10.6 Å². The highest BCUT2D eigenvalue weighted by molar-refractivity contribution is 5.86. The lowest BCUT2D eigenvalue weighted by Gasteiger charge is -2.17. The molecule has 1 fully saturated rings. The van der Waals surface area contributed by atoms with Crippen LogP contribution in [0, 0.1) is 11.8 Å². The Bertz CT molecular complexity index is 837. The van der Waals surface area contributed by atoms with Crippen molar-refractivity contribution in [3.05, 3.63) is 48.2 Å². The molecule has 1 heterocycles. The number of nitrogens with one attached hydrogen (secondary N) is 3. The van der Waals surface area contributed by atoms with Crippen LogP contribution in [0.5, 0.6) is 0 Å². The molecule has 30 heavy (non-hydrogen) atoms. The van der Waals surface area contributed by atoms with Crippen LogP contribution in [0.15, 0.2) is 42.5 Å². The number of H-pyrrole nitrogens is 1. The summed E-state index contributed by atoms with van der Waals surface area (Å²) in [7, 11) is 0. The second kappa shape index (κ2) is 11.2. The summed E-state index contributed by atoms with van der Waals surface area (Å²) in [6, 6.07) is 10.6. The Kier molecular flexibility index (Phi) is 8.40. The highest BCUT2D eigenvalue weighted by atomic mass is 16.1. The topological polar surface area (TPSA) is 74.0 Å². The van der Waals surface area contributed by atoms with Gasteiger partial charge < -0.3 is 15.6 Å². The van der Waals surface area contributed by atoms with Crippen molar-refractivity contribution in [1.29, 1.82) is 0 Å². The Balaban J connectivity index is 1.41. The van der Waals surface area contributed by atoms with E-state index in [1.54, 1.807) is 6.92 Å². The van der Waals surface area contributed by atoms with Gasteiger partial charge in [-0.25, -0.2) is 0 Å². The number of benzene rings is 1. The Labute approximate surface area is 179 Å². The molecule has 1 unspecified atom stereocenters. The van der Waals surface area contributed by atoms with Gasteiger partial charge in [0.05, 0.1) is 12.6 Å². The van der Waals surface area contributed by atoms with Gasteiger partial charge in [0.2, 0.25) is 0 Å². The molecule has 1 aromatic carbocycles. The fraction of sp³-hybridized carbons (Fsp3) is 0.520. The van der Waals surface area contributed by atoms with Crippen LogP contribution >= 0.6 is 0 Å². The average Bonchev–Trinajstić information content (AvgIpc) is 3.30. The van der Waals surface area contributed by atoms with E-state index >= 15 is 0 Å². The van der Waals surface area contributed by atoms with E-state index in [1.807, 2.05) is 0 Å². The minimum atomic E-state index is -0.0602. The first-order chi connectivity index (χ1) is 14.5. The largest absolute Gasteiger partial charge is 0.358 e. The molecule has 162 valence electrons. The van der Waals surface area contributed by atoms with Gasteiger partial charge in [-0.15, -0.1) is 0 Å². The molecule has 3 rings (SSSR count). The number of carbonyl (C=O) groups excluding carboxylic acids is 2. The molecular weight excluding hydrogens is 374 g/mol. The molecule has 3 N–H and O–H groups in total. The third kappa shape index (κ3) is 6.64. The smallest absolute Gasteiger partial charge is 0.150 e. The van der Waals surface area contributed by atoms with Gasteiger partial charge in [0.25, 0.3) is 0 Å². The van der Waals surface area contributed by atoms with E-state index in [1.165, 1.54) is 16.6 Å². The molecule has 0 spiro atoms. The Morgan fingerprint density at radius 2 is 2.13 bits per heavy atom. The van der Waals surface area contributed by atoms with Gasteiger partial charge in [-0.1, -0.05) is 37.3 Å². The summed E-state index contributed by atoms with van der Waals surface area (Å²) in [6.45, 7) is 5.84. The number of ketones is 2. The molecule has 5 nitrogen and oxygen atoms in total. The number of rotatable bonds is 12. The molecule has 5 heteroatoms. The summed E-state index contributed by atoms with van der Waals surface area (Å²) in [6.07, 6.45) is 9.17. The third-order valence-corrected chi connectivity index (χ3v) is 5.91. The van der Waals surface area contributed by atoms with Gasteiger partial charge in [-0.3, -0.25) is 9.59 Å². The maximum absolute atomic E-state index is 12.3. The van der Waals surface area contributed by atoms with Crippen molar-refractivity contribution in [2.75, 3.05) is 19.6 Å². The van der Waals surface area contributed by atoms with Gasteiger partial charge in [0.15, 0.2) is 0 Å². The van der Waals surface area contributed by atoms with Crippen LogP contribution in [0.2, 0.25) is 0 Å². The van der Waals surface area contributed by atoms with Crippen LogP contribution in [-0.2, 0) is 16.0 Å². The lowest BCUT2D eigenvalue weighted by atomic mass is 9.97. The Hall–Kier alpha value is -2.24. The first kappa shape index (κ1) is 22.4. The van der Waals surface area contributed by atoms with Crippen LogP contribution in [0.3, 0.4) is 0 Å². The average molecular weight is 410 g/mol. The lowest BCUT2D eigenvalue weighted by Crippen LogP contribution is -2.38. The quantitative estimate of drug-likeness (QED) is 0.368.